The van der Waals surface area contributed by atoms with E-state index in [-0.39, 0.29) is 11.8 Å². The van der Waals surface area contributed by atoms with Crippen molar-refractivity contribution >= 4 is 34.1 Å². The fourth-order valence-electron chi connectivity index (χ4n) is 1.22. The van der Waals surface area contributed by atoms with E-state index < -0.39 is 0 Å². The van der Waals surface area contributed by atoms with E-state index in [0.29, 0.717) is 5.13 Å². The predicted octanol–water partition coefficient (Wildman–Crippen LogP) is 2.00. The molecule has 1 fully saturated rings. The van der Waals surface area contributed by atoms with E-state index in [0.717, 1.165) is 17.2 Å². The minimum Gasteiger partial charge on any atom is -0.300 e. The van der Waals surface area contributed by atoms with Gasteiger partial charge in [0.1, 0.15) is 0 Å². The Morgan fingerprint density at radius 2 is 2.36 bits per heavy atom. The van der Waals surface area contributed by atoms with E-state index in [1.165, 1.54) is 29.5 Å². The second-order valence-corrected chi connectivity index (χ2v) is 5.23. The van der Waals surface area contributed by atoms with Crippen LogP contribution in [0.2, 0.25) is 0 Å². The van der Waals surface area contributed by atoms with E-state index >= 15 is 0 Å². The van der Waals surface area contributed by atoms with Gasteiger partial charge in [-0.1, -0.05) is 29.5 Å². The molecule has 1 aromatic heterocycles. The number of amides is 1. The Labute approximate surface area is 90.5 Å². The summed E-state index contributed by atoms with van der Waals surface area (Å²) in [6.07, 6.45) is 5.14. The molecule has 14 heavy (non-hydrogen) atoms. The Kier molecular flexibility index (Phi) is 3.02. The number of hydrogen-bond acceptors (Lipinski definition) is 5. The van der Waals surface area contributed by atoms with Gasteiger partial charge in [-0.05, 0) is 19.1 Å². The average molecular weight is 229 g/mol. The molecule has 1 saturated carbocycles. The van der Waals surface area contributed by atoms with Crippen molar-refractivity contribution in [3.63, 3.8) is 0 Å². The molecule has 1 aromatic rings. The number of nitrogens with zero attached hydrogens (tertiary/aromatic N) is 2. The molecule has 1 heterocycles. The van der Waals surface area contributed by atoms with Gasteiger partial charge in [0.25, 0.3) is 0 Å². The topological polar surface area (TPSA) is 54.9 Å². The molecule has 0 aromatic carbocycles. The lowest BCUT2D eigenvalue weighted by Gasteiger charge is -2.23. The molecule has 1 aliphatic rings. The number of carbonyl (C=O) groups is 1. The maximum Gasteiger partial charge on any atom is 0.229 e. The summed E-state index contributed by atoms with van der Waals surface area (Å²) in [4.78, 5) is 11.5. The summed E-state index contributed by atoms with van der Waals surface area (Å²) in [6.45, 7) is 0. The van der Waals surface area contributed by atoms with Crippen molar-refractivity contribution in [2.75, 3.05) is 11.6 Å². The second kappa shape index (κ2) is 4.27. The number of hydrogen-bond donors (Lipinski definition) is 1. The average Bonchev–Trinajstić information content (AvgIpc) is 2.48. The molecule has 6 heteroatoms. The number of carbonyl (C=O) groups excluding carboxylic acids is 1. The van der Waals surface area contributed by atoms with Crippen molar-refractivity contribution in [2.45, 2.75) is 23.6 Å². The van der Waals surface area contributed by atoms with E-state index in [2.05, 4.69) is 15.5 Å². The Morgan fingerprint density at radius 1 is 1.57 bits per heavy atom. The number of aromatic nitrogens is 2. The lowest BCUT2D eigenvalue weighted by molar-refractivity contribution is -0.122. The monoisotopic (exact) mass is 229 g/mol. The summed E-state index contributed by atoms with van der Waals surface area (Å²) >= 11 is 2.96. The zero-order valence-corrected chi connectivity index (χ0v) is 9.45. The lowest BCUT2D eigenvalue weighted by atomic mass is 9.85. The Hall–Kier alpha value is -0.620. The first-order valence-electron chi connectivity index (χ1n) is 4.48. The first kappa shape index (κ1) is 9.92. The number of rotatable bonds is 3. The maximum atomic E-state index is 11.5. The fraction of sp³-hybridized carbons (Fsp3) is 0.625. The molecule has 1 aliphatic carbocycles. The third-order valence-corrected chi connectivity index (χ3v) is 4.10. The lowest BCUT2D eigenvalue weighted by Crippen LogP contribution is -2.27. The van der Waals surface area contributed by atoms with Gasteiger partial charge in [-0.25, -0.2) is 0 Å². The minimum absolute atomic E-state index is 0.0973. The van der Waals surface area contributed by atoms with Crippen molar-refractivity contribution in [3.8, 4) is 0 Å². The van der Waals surface area contributed by atoms with Gasteiger partial charge >= 0.3 is 0 Å². The van der Waals surface area contributed by atoms with Crippen LogP contribution in [0.3, 0.4) is 0 Å². The molecule has 0 spiro atoms. The third-order valence-electron chi connectivity index (χ3n) is 2.29. The summed E-state index contributed by atoms with van der Waals surface area (Å²) in [6, 6.07) is 0. The highest BCUT2D eigenvalue weighted by Gasteiger charge is 2.25. The molecule has 76 valence electrons. The Morgan fingerprint density at radius 3 is 2.86 bits per heavy atom. The number of thioether (sulfide) groups is 1. The van der Waals surface area contributed by atoms with Crippen LogP contribution in [0.1, 0.15) is 19.3 Å². The zero-order valence-electron chi connectivity index (χ0n) is 7.82. The second-order valence-electron chi connectivity index (χ2n) is 3.19. The molecule has 0 aliphatic heterocycles. The molecule has 0 bridgehead atoms. The van der Waals surface area contributed by atoms with Gasteiger partial charge in [-0.2, -0.15) is 0 Å². The van der Waals surface area contributed by atoms with E-state index in [9.17, 15) is 4.79 Å². The number of anilines is 1. The van der Waals surface area contributed by atoms with Crippen LogP contribution in [0.15, 0.2) is 4.34 Å². The third kappa shape index (κ3) is 2.06. The number of nitrogens with one attached hydrogen (secondary N) is 1. The van der Waals surface area contributed by atoms with Crippen LogP contribution in [-0.2, 0) is 4.79 Å². The Balaban J connectivity index is 1.92. The van der Waals surface area contributed by atoms with Gasteiger partial charge in [0, 0.05) is 5.92 Å². The molecule has 0 radical (unpaired) electrons. The van der Waals surface area contributed by atoms with Crippen LogP contribution < -0.4 is 5.32 Å². The first-order chi connectivity index (χ1) is 6.79. The van der Waals surface area contributed by atoms with Crippen LogP contribution in [0.25, 0.3) is 0 Å². The quantitative estimate of drug-likeness (QED) is 0.636. The summed E-state index contributed by atoms with van der Waals surface area (Å²) in [7, 11) is 0. The van der Waals surface area contributed by atoms with E-state index in [1.807, 2.05) is 6.26 Å². The molecule has 1 amide bonds. The van der Waals surface area contributed by atoms with Crippen molar-refractivity contribution in [2.24, 2.45) is 5.92 Å². The van der Waals surface area contributed by atoms with Gasteiger partial charge in [0.2, 0.25) is 11.0 Å². The zero-order chi connectivity index (χ0) is 9.97. The van der Waals surface area contributed by atoms with Gasteiger partial charge < -0.3 is 5.32 Å². The van der Waals surface area contributed by atoms with Gasteiger partial charge in [0.05, 0.1) is 0 Å². The maximum absolute atomic E-state index is 11.5. The fourth-order valence-corrected chi connectivity index (χ4v) is 2.39. The first-order valence-corrected chi connectivity index (χ1v) is 6.52. The van der Waals surface area contributed by atoms with Crippen LogP contribution >= 0.6 is 23.1 Å². The largest absolute Gasteiger partial charge is 0.300 e. The van der Waals surface area contributed by atoms with Crippen LogP contribution in [0.5, 0.6) is 0 Å². The van der Waals surface area contributed by atoms with Gasteiger partial charge in [-0.3, -0.25) is 4.79 Å². The normalized spacial score (nSPS) is 16.4. The van der Waals surface area contributed by atoms with E-state index in [4.69, 9.17) is 0 Å². The standard InChI is InChI=1S/C8H11N3OS2/c1-13-8-11-10-7(14-8)9-6(12)5-3-2-4-5/h5H,2-4H2,1H3,(H,9,10,12). The molecule has 0 saturated heterocycles. The van der Waals surface area contributed by atoms with Crippen LogP contribution in [0, 0.1) is 5.92 Å². The Bertz CT molecular complexity index is 335. The summed E-state index contributed by atoms with van der Waals surface area (Å²) in [5, 5.41) is 11.2. The minimum atomic E-state index is 0.0973. The summed E-state index contributed by atoms with van der Waals surface area (Å²) < 4.78 is 0.883. The van der Waals surface area contributed by atoms with Crippen molar-refractivity contribution in [1.29, 1.82) is 0 Å². The summed E-state index contributed by atoms with van der Waals surface area (Å²) in [5.41, 5.74) is 0. The van der Waals surface area contributed by atoms with Crippen LogP contribution in [-0.4, -0.2) is 22.4 Å². The van der Waals surface area contributed by atoms with Crippen LogP contribution in [0.4, 0.5) is 5.13 Å². The molecule has 4 nitrogen and oxygen atoms in total. The molecule has 0 atom stereocenters. The molecular weight excluding hydrogens is 218 g/mol. The molecule has 0 unspecified atom stereocenters. The molecule has 1 N–H and O–H groups in total. The van der Waals surface area contributed by atoms with Crippen molar-refractivity contribution in [1.82, 2.24) is 10.2 Å². The highest BCUT2D eigenvalue weighted by atomic mass is 32.2. The summed E-state index contributed by atoms with van der Waals surface area (Å²) in [5.74, 6) is 0.302. The van der Waals surface area contributed by atoms with E-state index in [1.54, 1.807) is 0 Å². The van der Waals surface area contributed by atoms with Gasteiger partial charge in [0.15, 0.2) is 4.34 Å². The predicted molar refractivity (Wildman–Crippen MR) is 57.7 cm³/mol. The highest BCUT2D eigenvalue weighted by molar-refractivity contribution is 8.00. The van der Waals surface area contributed by atoms with Crippen molar-refractivity contribution in [3.05, 3.63) is 0 Å². The molecule has 2 rings (SSSR count). The smallest absolute Gasteiger partial charge is 0.229 e. The highest BCUT2D eigenvalue weighted by Crippen LogP contribution is 2.29. The molecular formula is C8H11N3OS2. The van der Waals surface area contributed by atoms with Crippen molar-refractivity contribution < 1.29 is 4.79 Å². The SMILES string of the molecule is CSc1nnc(NC(=O)C2CCC2)s1. The van der Waals surface area contributed by atoms with Gasteiger partial charge in [-0.15, -0.1) is 10.2 Å².